The number of nitrogen functional groups attached to an aromatic ring is 1. The predicted molar refractivity (Wildman–Crippen MR) is 48.0 cm³/mol. The van der Waals surface area contributed by atoms with Gasteiger partial charge in [-0.25, -0.2) is 9.97 Å². The molecule has 0 saturated heterocycles. The highest BCUT2D eigenvalue weighted by molar-refractivity contribution is 5.44. The Balaban J connectivity index is 2.34. The zero-order chi connectivity index (χ0) is 8.55. The van der Waals surface area contributed by atoms with Crippen molar-refractivity contribution in [2.24, 2.45) is 0 Å². The van der Waals surface area contributed by atoms with E-state index >= 15 is 0 Å². The van der Waals surface area contributed by atoms with Gasteiger partial charge in [0.15, 0.2) is 0 Å². The van der Waals surface area contributed by atoms with E-state index in [1.54, 1.807) is 6.07 Å². The molecule has 0 radical (unpaired) electrons. The van der Waals surface area contributed by atoms with Crippen LogP contribution in [0.4, 0.5) is 11.6 Å². The number of hydrogen-bond donors (Lipinski definition) is 2. The Bertz CT molecular complexity index is 293. The van der Waals surface area contributed by atoms with Crippen LogP contribution < -0.4 is 11.1 Å². The van der Waals surface area contributed by atoms with Crippen molar-refractivity contribution in [3.8, 4) is 0 Å². The maximum Gasteiger partial charge on any atom is 0.136 e. The van der Waals surface area contributed by atoms with E-state index in [-0.39, 0.29) is 0 Å². The topological polar surface area (TPSA) is 63.8 Å². The first-order valence-electron chi connectivity index (χ1n) is 4.12. The minimum absolute atomic E-state index is 0.552. The van der Waals surface area contributed by atoms with Gasteiger partial charge in [-0.2, -0.15) is 0 Å². The van der Waals surface area contributed by atoms with Crippen LogP contribution in [0.1, 0.15) is 24.6 Å². The number of nitrogens with one attached hydrogen (secondary N) is 1. The SMILES string of the molecule is CNc1cc(N)nc(C2CC2)n1. The molecule has 0 aromatic carbocycles. The molecule has 0 unspecified atom stereocenters. The van der Waals surface area contributed by atoms with Gasteiger partial charge < -0.3 is 11.1 Å². The maximum absolute atomic E-state index is 5.61. The summed E-state index contributed by atoms with van der Waals surface area (Å²) < 4.78 is 0. The van der Waals surface area contributed by atoms with Gasteiger partial charge in [-0.05, 0) is 12.8 Å². The molecule has 0 bridgehead atoms. The van der Waals surface area contributed by atoms with Crippen molar-refractivity contribution in [1.82, 2.24) is 9.97 Å². The molecule has 0 spiro atoms. The lowest BCUT2D eigenvalue weighted by Crippen LogP contribution is -2.02. The molecular weight excluding hydrogens is 152 g/mol. The Labute approximate surface area is 71.2 Å². The van der Waals surface area contributed by atoms with E-state index in [0.29, 0.717) is 11.7 Å². The van der Waals surface area contributed by atoms with Crippen molar-refractivity contribution < 1.29 is 0 Å². The Kier molecular flexibility index (Phi) is 1.60. The Morgan fingerprint density at radius 1 is 1.50 bits per heavy atom. The van der Waals surface area contributed by atoms with E-state index in [2.05, 4.69) is 15.3 Å². The van der Waals surface area contributed by atoms with Crippen molar-refractivity contribution in [3.05, 3.63) is 11.9 Å². The second-order valence-corrected chi connectivity index (χ2v) is 3.06. The fraction of sp³-hybridized carbons (Fsp3) is 0.500. The monoisotopic (exact) mass is 164 g/mol. The van der Waals surface area contributed by atoms with Crippen LogP contribution in [0.5, 0.6) is 0 Å². The van der Waals surface area contributed by atoms with Crippen LogP contribution in [-0.4, -0.2) is 17.0 Å². The van der Waals surface area contributed by atoms with E-state index in [4.69, 9.17) is 5.73 Å². The lowest BCUT2D eigenvalue weighted by Gasteiger charge is -2.03. The lowest BCUT2D eigenvalue weighted by atomic mass is 10.4. The molecule has 2 rings (SSSR count). The van der Waals surface area contributed by atoms with Gasteiger partial charge in [0.05, 0.1) is 0 Å². The second kappa shape index (κ2) is 2.62. The number of nitrogens with two attached hydrogens (primary N) is 1. The van der Waals surface area contributed by atoms with Crippen LogP contribution in [0.15, 0.2) is 6.07 Å². The van der Waals surface area contributed by atoms with Crippen LogP contribution in [0.3, 0.4) is 0 Å². The summed E-state index contributed by atoms with van der Waals surface area (Å²) in [5.74, 6) is 2.81. The standard InChI is InChI=1S/C8H12N4/c1-10-7-4-6(9)11-8(12-7)5-2-3-5/h4-5H,2-3H2,1H3,(H3,9,10,11,12). The van der Waals surface area contributed by atoms with Gasteiger partial charge in [0, 0.05) is 19.0 Å². The van der Waals surface area contributed by atoms with Gasteiger partial charge in [-0.1, -0.05) is 0 Å². The lowest BCUT2D eigenvalue weighted by molar-refractivity contribution is 0.934. The molecule has 1 fully saturated rings. The van der Waals surface area contributed by atoms with Crippen molar-refractivity contribution in [2.45, 2.75) is 18.8 Å². The Morgan fingerprint density at radius 2 is 2.25 bits per heavy atom. The van der Waals surface area contributed by atoms with Crippen molar-refractivity contribution >= 4 is 11.6 Å². The molecule has 1 heterocycles. The van der Waals surface area contributed by atoms with E-state index < -0.39 is 0 Å². The summed E-state index contributed by atoms with van der Waals surface area (Å²) >= 11 is 0. The molecule has 1 aromatic rings. The van der Waals surface area contributed by atoms with Crippen LogP contribution >= 0.6 is 0 Å². The third-order valence-corrected chi connectivity index (χ3v) is 1.96. The van der Waals surface area contributed by atoms with Gasteiger partial charge in [0.25, 0.3) is 0 Å². The summed E-state index contributed by atoms with van der Waals surface area (Å²) in [5.41, 5.74) is 5.61. The molecule has 4 nitrogen and oxygen atoms in total. The Morgan fingerprint density at radius 3 is 2.83 bits per heavy atom. The van der Waals surface area contributed by atoms with E-state index in [1.165, 1.54) is 12.8 Å². The molecule has 12 heavy (non-hydrogen) atoms. The smallest absolute Gasteiger partial charge is 0.136 e. The second-order valence-electron chi connectivity index (χ2n) is 3.06. The average molecular weight is 164 g/mol. The number of rotatable bonds is 2. The van der Waals surface area contributed by atoms with E-state index in [1.807, 2.05) is 7.05 Å². The van der Waals surface area contributed by atoms with Gasteiger partial charge in [-0.15, -0.1) is 0 Å². The quantitative estimate of drug-likeness (QED) is 0.683. The number of hydrogen-bond acceptors (Lipinski definition) is 4. The zero-order valence-corrected chi connectivity index (χ0v) is 7.04. The highest BCUT2D eigenvalue weighted by atomic mass is 15.0. The van der Waals surface area contributed by atoms with Gasteiger partial charge in [-0.3, -0.25) is 0 Å². The average Bonchev–Trinajstić information content (AvgIpc) is 2.85. The molecule has 0 aliphatic heterocycles. The summed E-state index contributed by atoms with van der Waals surface area (Å²) in [6.45, 7) is 0. The Hall–Kier alpha value is -1.32. The zero-order valence-electron chi connectivity index (χ0n) is 7.04. The van der Waals surface area contributed by atoms with Crippen molar-refractivity contribution in [3.63, 3.8) is 0 Å². The van der Waals surface area contributed by atoms with E-state index in [0.717, 1.165) is 11.6 Å². The normalized spacial score (nSPS) is 16.1. The van der Waals surface area contributed by atoms with Crippen LogP contribution in [0.25, 0.3) is 0 Å². The summed E-state index contributed by atoms with van der Waals surface area (Å²) in [4.78, 5) is 8.48. The van der Waals surface area contributed by atoms with Gasteiger partial charge in [0.2, 0.25) is 0 Å². The molecule has 1 aromatic heterocycles. The summed E-state index contributed by atoms with van der Waals surface area (Å²) in [5, 5.41) is 2.96. The molecule has 3 N–H and O–H groups in total. The van der Waals surface area contributed by atoms with Crippen LogP contribution in [0, 0.1) is 0 Å². The summed E-state index contributed by atoms with van der Waals surface area (Å²) in [7, 11) is 1.83. The molecule has 1 aliphatic rings. The number of aromatic nitrogens is 2. The minimum atomic E-state index is 0.552. The number of nitrogens with zero attached hydrogens (tertiary/aromatic N) is 2. The molecule has 4 heteroatoms. The first-order valence-corrected chi connectivity index (χ1v) is 4.12. The molecule has 64 valence electrons. The third-order valence-electron chi connectivity index (χ3n) is 1.96. The van der Waals surface area contributed by atoms with Gasteiger partial charge in [0.1, 0.15) is 17.5 Å². The molecule has 1 saturated carbocycles. The molecule has 0 amide bonds. The minimum Gasteiger partial charge on any atom is -0.384 e. The maximum atomic E-state index is 5.61. The predicted octanol–water partition coefficient (Wildman–Crippen LogP) is 0.978. The summed E-state index contributed by atoms with van der Waals surface area (Å²) in [6, 6.07) is 1.74. The fourth-order valence-electron chi connectivity index (χ4n) is 1.14. The highest BCUT2D eigenvalue weighted by Crippen LogP contribution is 2.38. The first-order chi connectivity index (χ1) is 5.79. The van der Waals surface area contributed by atoms with Crippen LogP contribution in [-0.2, 0) is 0 Å². The van der Waals surface area contributed by atoms with Gasteiger partial charge >= 0.3 is 0 Å². The van der Waals surface area contributed by atoms with Crippen molar-refractivity contribution in [2.75, 3.05) is 18.1 Å². The molecule has 1 aliphatic carbocycles. The van der Waals surface area contributed by atoms with Crippen molar-refractivity contribution in [1.29, 1.82) is 0 Å². The van der Waals surface area contributed by atoms with Crippen LogP contribution in [0.2, 0.25) is 0 Å². The largest absolute Gasteiger partial charge is 0.384 e. The highest BCUT2D eigenvalue weighted by Gasteiger charge is 2.26. The molecule has 0 atom stereocenters. The first kappa shape index (κ1) is 7.34. The summed E-state index contributed by atoms with van der Waals surface area (Å²) in [6.07, 6.45) is 2.40. The molecular formula is C8H12N4. The third kappa shape index (κ3) is 1.32. The number of anilines is 2. The fourth-order valence-corrected chi connectivity index (χ4v) is 1.14. The van der Waals surface area contributed by atoms with E-state index in [9.17, 15) is 0 Å².